The van der Waals surface area contributed by atoms with Crippen molar-refractivity contribution in [2.45, 2.75) is 18.1 Å². The lowest BCUT2D eigenvalue weighted by atomic mass is 9.75. The molecule has 0 spiro atoms. The molecule has 1 saturated heterocycles. The van der Waals surface area contributed by atoms with Gasteiger partial charge in [0.25, 0.3) is 11.8 Å². The summed E-state index contributed by atoms with van der Waals surface area (Å²) in [7, 11) is 0. The molecule has 0 radical (unpaired) electrons. The second-order valence-electron chi connectivity index (χ2n) is 8.71. The van der Waals surface area contributed by atoms with Gasteiger partial charge in [-0.3, -0.25) is 14.6 Å². The smallest absolute Gasteiger partial charge is 0.257 e. The van der Waals surface area contributed by atoms with Crippen molar-refractivity contribution in [1.29, 1.82) is 0 Å². The van der Waals surface area contributed by atoms with E-state index in [1.54, 1.807) is 30.3 Å². The molecule has 0 aliphatic carbocycles. The maximum absolute atomic E-state index is 15.1. The van der Waals surface area contributed by atoms with E-state index in [0.29, 0.717) is 11.3 Å². The average Bonchev–Trinajstić information content (AvgIpc) is 2.90. The standard InChI is InChI=1S/C26H22F2N4O4S/c27-17-6-7-18(19(28)11-17)26-14-36-22(24(35)30-20-12-29-9-8-21(20)33)10-16(26)13-37-25(32-26)31-23(34)15-4-2-1-3-5-15/h1-9,11-12,16,22H,10,13-14H2,(H,29,33)(H,30,35)(H,31,32,34)/t16-,22+,26-/m0/s1. The fourth-order valence-electron chi connectivity index (χ4n) is 4.49. The van der Waals surface area contributed by atoms with Crippen molar-refractivity contribution in [3.05, 3.63) is 89.8 Å². The predicted molar refractivity (Wildman–Crippen MR) is 134 cm³/mol. The van der Waals surface area contributed by atoms with Crippen molar-refractivity contribution in [2.24, 2.45) is 10.9 Å². The summed E-state index contributed by atoms with van der Waals surface area (Å²) >= 11 is 1.28. The summed E-state index contributed by atoms with van der Waals surface area (Å²) in [6.07, 6.45) is 1.98. The molecule has 0 bridgehead atoms. The number of carbonyl (C=O) groups is 2. The molecule has 11 heteroatoms. The fourth-order valence-corrected chi connectivity index (χ4v) is 5.65. The van der Waals surface area contributed by atoms with Gasteiger partial charge < -0.3 is 20.5 Å². The van der Waals surface area contributed by atoms with Crippen molar-refractivity contribution in [1.82, 2.24) is 10.3 Å². The van der Waals surface area contributed by atoms with Crippen molar-refractivity contribution in [3.8, 4) is 5.75 Å². The number of thioether (sulfide) groups is 1. The molecule has 190 valence electrons. The molecule has 2 amide bonds. The first-order valence-corrected chi connectivity index (χ1v) is 12.4. The number of hydrogen-bond acceptors (Lipinski definition) is 7. The molecule has 2 aromatic carbocycles. The van der Waals surface area contributed by atoms with Crippen LogP contribution in [0.1, 0.15) is 22.3 Å². The summed E-state index contributed by atoms with van der Waals surface area (Å²) in [4.78, 5) is 34.3. The number of hydrogen-bond donors (Lipinski definition) is 3. The summed E-state index contributed by atoms with van der Waals surface area (Å²) in [6, 6.07) is 13.2. The summed E-state index contributed by atoms with van der Waals surface area (Å²) < 4.78 is 34.7. The first-order chi connectivity index (χ1) is 17.9. The Labute approximate surface area is 215 Å². The van der Waals surface area contributed by atoms with Gasteiger partial charge in [-0.2, -0.15) is 0 Å². The molecule has 2 aliphatic heterocycles. The van der Waals surface area contributed by atoms with Gasteiger partial charge >= 0.3 is 0 Å². The average molecular weight is 525 g/mol. The van der Waals surface area contributed by atoms with Gasteiger partial charge in [-0.15, -0.1) is 0 Å². The van der Waals surface area contributed by atoms with Crippen LogP contribution in [0, 0.1) is 17.6 Å². The second-order valence-corrected chi connectivity index (χ2v) is 9.72. The van der Waals surface area contributed by atoms with Crippen LogP contribution in [-0.4, -0.2) is 45.5 Å². The van der Waals surface area contributed by atoms with Gasteiger partial charge in [0.15, 0.2) is 5.17 Å². The highest BCUT2D eigenvalue weighted by Crippen LogP contribution is 2.47. The van der Waals surface area contributed by atoms with Gasteiger partial charge in [-0.25, -0.2) is 13.8 Å². The minimum atomic E-state index is -1.28. The molecule has 1 fully saturated rings. The zero-order valence-electron chi connectivity index (χ0n) is 19.4. The minimum absolute atomic E-state index is 0.120. The number of rotatable bonds is 4. The van der Waals surface area contributed by atoms with Crippen LogP contribution in [-0.2, 0) is 15.1 Å². The maximum Gasteiger partial charge on any atom is 0.257 e. The Kier molecular flexibility index (Phi) is 6.90. The number of halogens is 2. The van der Waals surface area contributed by atoms with Crippen LogP contribution in [0.2, 0.25) is 0 Å². The van der Waals surface area contributed by atoms with Gasteiger partial charge in [-0.1, -0.05) is 36.0 Å². The largest absolute Gasteiger partial charge is 0.506 e. The summed E-state index contributed by atoms with van der Waals surface area (Å²) in [6.45, 7) is -0.178. The summed E-state index contributed by atoms with van der Waals surface area (Å²) in [5.74, 6) is -2.50. The molecule has 0 saturated carbocycles. The quantitative estimate of drug-likeness (QED) is 0.478. The van der Waals surface area contributed by atoms with Crippen LogP contribution in [0.3, 0.4) is 0 Å². The number of carbonyl (C=O) groups excluding carboxylic acids is 2. The van der Waals surface area contributed by atoms with Crippen LogP contribution >= 0.6 is 11.8 Å². The lowest BCUT2D eigenvalue weighted by Crippen LogP contribution is -2.53. The van der Waals surface area contributed by atoms with Crippen LogP contribution in [0.5, 0.6) is 5.75 Å². The van der Waals surface area contributed by atoms with Crippen LogP contribution in [0.25, 0.3) is 0 Å². The van der Waals surface area contributed by atoms with Gasteiger partial charge in [0.1, 0.15) is 34.7 Å². The lowest BCUT2D eigenvalue weighted by Gasteiger charge is -2.46. The number of aliphatic imine (C=N–C) groups is 1. The number of amidine groups is 1. The number of anilines is 1. The number of pyridine rings is 1. The molecule has 1 aromatic heterocycles. The molecule has 3 atom stereocenters. The highest BCUT2D eigenvalue weighted by atomic mass is 32.2. The van der Waals surface area contributed by atoms with Crippen LogP contribution in [0.15, 0.2) is 72.0 Å². The van der Waals surface area contributed by atoms with E-state index in [9.17, 15) is 19.1 Å². The van der Waals surface area contributed by atoms with Gasteiger partial charge in [0.05, 0.1) is 12.8 Å². The number of fused-ring (bicyclic) bond motifs is 1. The Bertz CT molecular complexity index is 1370. The zero-order valence-corrected chi connectivity index (χ0v) is 20.2. The van der Waals surface area contributed by atoms with E-state index in [1.165, 1.54) is 36.3 Å². The number of benzene rings is 2. The third kappa shape index (κ3) is 5.05. The topological polar surface area (TPSA) is 113 Å². The first-order valence-electron chi connectivity index (χ1n) is 11.5. The number of nitrogens with zero attached hydrogens (tertiary/aromatic N) is 2. The SMILES string of the molecule is O=C(NC1=N[C@@]2(c3ccc(F)cc3F)CO[C@@H](C(=O)Nc3cnccc3O)C[C@H]2CS1)c1ccccc1. The highest BCUT2D eigenvalue weighted by Gasteiger charge is 2.51. The highest BCUT2D eigenvalue weighted by molar-refractivity contribution is 8.13. The van der Waals surface area contributed by atoms with E-state index >= 15 is 4.39 Å². The first kappa shape index (κ1) is 24.8. The van der Waals surface area contributed by atoms with Gasteiger partial charge in [0.2, 0.25) is 0 Å². The molecular weight excluding hydrogens is 502 g/mol. The lowest BCUT2D eigenvalue weighted by molar-refractivity contribution is -0.136. The molecule has 3 aromatic rings. The molecule has 0 unspecified atom stereocenters. The Hall–Kier alpha value is -3.83. The second kappa shape index (κ2) is 10.3. The van der Waals surface area contributed by atoms with Crippen molar-refractivity contribution in [3.63, 3.8) is 0 Å². The Balaban J connectivity index is 1.43. The molecule has 5 rings (SSSR count). The maximum atomic E-state index is 15.1. The Morgan fingerprint density at radius 1 is 1.11 bits per heavy atom. The number of aromatic nitrogens is 1. The molecule has 8 nitrogen and oxygen atoms in total. The number of ether oxygens (including phenoxy) is 1. The normalized spacial score (nSPS) is 22.9. The third-order valence-electron chi connectivity index (χ3n) is 6.40. The monoisotopic (exact) mass is 524 g/mol. The van der Waals surface area contributed by atoms with E-state index in [-0.39, 0.29) is 47.0 Å². The summed E-state index contributed by atoms with van der Waals surface area (Å²) in [5, 5.41) is 15.6. The molecule has 3 N–H and O–H groups in total. The fraction of sp³-hybridized carbons (Fsp3) is 0.231. The molecule has 2 aliphatic rings. The molecular formula is C26H22F2N4O4S. The van der Waals surface area contributed by atoms with Crippen molar-refractivity contribution < 1.29 is 28.2 Å². The summed E-state index contributed by atoms with van der Waals surface area (Å²) in [5.41, 5.74) is -0.589. The predicted octanol–water partition coefficient (Wildman–Crippen LogP) is 3.84. The van der Waals surface area contributed by atoms with Gasteiger partial charge in [0, 0.05) is 41.1 Å². The molecule has 37 heavy (non-hydrogen) atoms. The van der Waals surface area contributed by atoms with Crippen molar-refractivity contribution in [2.75, 3.05) is 17.7 Å². The van der Waals surface area contributed by atoms with E-state index in [2.05, 4.69) is 15.6 Å². The van der Waals surface area contributed by atoms with Crippen molar-refractivity contribution >= 4 is 34.4 Å². The Morgan fingerprint density at radius 2 is 1.92 bits per heavy atom. The third-order valence-corrected chi connectivity index (χ3v) is 7.44. The number of aromatic hydroxyl groups is 1. The van der Waals surface area contributed by atoms with E-state index in [0.717, 1.165) is 12.1 Å². The van der Waals surface area contributed by atoms with E-state index in [1.807, 2.05) is 0 Å². The van der Waals surface area contributed by atoms with Crippen LogP contribution < -0.4 is 10.6 Å². The number of amides is 2. The van der Waals surface area contributed by atoms with Crippen LogP contribution in [0.4, 0.5) is 14.5 Å². The van der Waals surface area contributed by atoms with E-state index < -0.39 is 29.2 Å². The Morgan fingerprint density at radius 3 is 2.68 bits per heavy atom. The molecule has 3 heterocycles. The number of nitrogens with one attached hydrogen (secondary N) is 2. The minimum Gasteiger partial charge on any atom is -0.506 e. The zero-order chi connectivity index (χ0) is 26.0. The van der Waals surface area contributed by atoms with E-state index in [4.69, 9.17) is 9.73 Å². The van der Waals surface area contributed by atoms with Gasteiger partial charge in [-0.05, 0) is 24.6 Å².